The SMILES string of the molecule is BC(C)(C)/C=C\N=C/C(C)(C)C. The van der Waals surface area contributed by atoms with Gasteiger partial charge in [-0.15, -0.1) is 0 Å². The lowest BCUT2D eigenvalue weighted by Gasteiger charge is -2.11. The number of nitrogens with zero attached hydrogens (tertiary/aromatic N) is 1. The van der Waals surface area contributed by atoms with E-state index in [0.717, 1.165) is 0 Å². The highest BCUT2D eigenvalue weighted by atomic mass is 14.7. The van der Waals surface area contributed by atoms with E-state index in [1.165, 1.54) is 0 Å². The Labute approximate surface area is 77.4 Å². The smallest absolute Gasteiger partial charge is 0.113 e. The first-order valence-corrected chi connectivity index (χ1v) is 4.43. The molecule has 0 N–H and O–H groups in total. The third-order valence-electron chi connectivity index (χ3n) is 1.12. The Hall–Kier alpha value is -0.525. The highest BCUT2D eigenvalue weighted by Crippen LogP contribution is 2.19. The standard InChI is InChI=1S/C10H20BN/c1-9(2,3)8-12-7-6-10(4,5)11/h6-8H,11H2,1-5H3/b7-6-,12-8-. The van der Waals surface area contributed by atoms with E-state index >= 15 is 0 Å². The lowest BCUT2D eigenvalue weighted by molar-refractivity contribution is 0.607. The Bertz CT molecular complexity index is 157. The first-order chi connectivity index (χ1) is 5.21. The summed E-state index contributed by atoms with van der Waals surface area (Å²) < 4.78 is 0. The van der Waals surface area contributed by atoms with Gasteiger partial charge in [0.1, 0.15) is 7.85 Å². The molecule has 12 heavy (non-hydrogen) atoms. The maximum atomic E-state index is 4.22. The minimum atomic E-state index is 0.183. The molecule has 0 aliphatic carbocycles. The molecule has 0 fully saturated rings. The predicted molar refractivity (Wildman–Crippen MR) is 59.7 cm³/mol. The van der Waals surface area contributed by atoms with E-state index in [2.05, 4.69) is 53.5 Å². The van der Waals surface area contributed by atoms with Gasteiger partial charge in [0.2, 0.25) is 0 Å². The second kappa shape index (κ2) is 3.93. The predicted octanol–water partition coefficient (Wildman–Crippen LogP) is 2.45. The molecule has 0 aromatic heterocycles. The summed E-state index contributed by atoms with van der Waals surface area (Å²) in [4.78, 5) is 4.22. The van der Waals surface area contributed by atoms with Crippen molar-refractivity contribution in [2.24, 2.45) is 10.4 Å². The van der Waals surface area contributed by atoms with Gasteiger partial charge in [0.25, 0.3) is 0 Å². The number of hydrogen-bond donors (Lipinski definition) is 0. The van der Waals surface area contributed by atoms with Gasteiger partial charge in [-0.1, -0.05) is 40.7 Å². The average Bonchev–Trinajstić information content (AvgIpc) is 1.76. The van der Waals surface area contributed by atoms with Gasteiger partial charge < -0.3 is 0 Å². The van der Waals surface area contributed by atoms with E-state index in [9.17, 15) is 0 Å². The van der Waals surface area contributed by atoms with Gasteiger partial charge >= 0.3 is 0 Å². The normalized spacial score (nSPS) is 14.8. The first kappa shape index (κ1) is 11.5. The molecule has 0 saturated heterocycles. The van der Waals surface area contributed by atoms with E-state index < -0.39 is 0 Å². The van der Waals surface area contributed by atoms with Crippen molar-refractivity contribution in [1.29, 1.82) is 0 Å². The number of hydrogen-bond acceptors (Lipinski definition) is 1. The molecule has 0 aliphatic rings. The molecule has 0 atom stereocenters. The summed E-state index contributed by atoms with van der Waals surface area (Å²) in [5.41, 5.74) is 0.183. The summed E-state index contributed by atoms with van der Waals surface area (Å²) in [7, 11) is 2.16. The molecule has 1 nitrogen and oxygen atoms in total. The molecule has 0 heterocycles. The molecule has 0 amide bonds. The molecule has 0 radical (unpaired) electrons. The zero-order valence-electron chi connectivity index (χ0n) is 9.18. The van der Waals surface area contributed by atoms with Crippen molar-refractivity contribution in [3.05, 3.63) is 12.3 Å². The molecule has 0 aromatic rings. The van der Waals surface area contributed by atoms with Gasteiger partial charge in [-0.2, -0.15) is 0 Å². The molecule has 0 rings (SSSR count). The van der Waals surface area contributed by atoms with Gasteiger partial charge in [-0.25, -0.2) is 0 Å². The van der Waals surface area contributed by atoms with Crippen LogP contribution in [0, 0.1) is 5.41 Å². The molecule has 68 valence electrons. The van der Waals surface area contributed by atoms with Crippen LogP contribution in [0.3, 0.4) is 0 Å². The number of aliphatic imine (C=N–C) groups is 1. The minimum Gasteiger partial charge on any atom is -0.269 e. The van der Waals surface area contributed by atoms with Crippen LogP contribution >= 0.6 is 0 Å². The van der Waals surface area contributed by atoms with Crippen molar-refractivity contribution in [1.82, 2.24) is 0 Å². The maximum absolute atomic E-state index is 4.22. The summed E-state index contributed by atoms with van der Waals surface area (Å²) in [6.45, 7) is 10.7. The summed E-state index contributed by atoms with van der Waals surface area (Å²) in [6.07, 6.45) is 5.95. The fourth-order valence-electron chi connectivity index (χ4n) is 0.533. The van der Waals surface area contributed by atoms with Crippen molar-refractivity contribution in [2.75, 3.05) is 0 Å². The van der Waals surface area contributed by atoms with E-state index in [1.807, 2.05) is 12.4 Å². The van der Waals surface area contributed by atoms with Gasteiger partial charge in [0.15, 0.2) is 0 Å². The van der Waals surface area contributed by atoms with E-state index in [4.69, 9.17) is 0 Å². The Kier molecular flexibility index (Phi) is 3.76. The molecule has 0 aromatic carbocycles. The van der Waals surface area contributed by atoms with Crippen LogP contribution in [-0.4, -0.2) is 14.1 Å². The monoisotopic (exact) mass is 165 g/mol. The fraction of sp³-hybridized carbons (Fsp3) is 0.700. The van der Waals surface area contributed by atoms with Gasteiger partial charge in [0.05, 0.1) is 0 Å². The molecular formula is C10H20BN. The number of allylic oxidation sites excluding steroid dienone is 1. The summed E-state index contributed by atoms with van der Waals surface area (Å²) >= 11 is 0. The largest absolute Gasteiger partial charge is 0.269 e. The van der Waals surface area contributed by atoms with E-state index in [1.54, 1.807) is 0 Å². The summed E-state index contributed by atoms with van der Waals surface area (Å²) in [5.74, 6) is 0. The molecule has 0 unspecified atom stereocenters. The Morgan fingerprint density at radius 2 is 1.58 bits per heavy atom. The van der Waals surface area contributed by atoms with Crippen LogP contribution in [-0.2, 0) is 0 Å². The lowest BCUT2D eigenvalue weighted by atomic mass is 9.73. The quantitative estimate of drug-likeness (QED) is 0.440. The Morgan fingerprint density at radius 1 is 1.08 bits per heavy atom. The molecule has 0 aliphatic heterocycles. The number of rotatable bonds is 2. The van der Waals surface area contributed by atoms with Gasteiger partial charge in [-0.3, -0.25) is 4.99 Å². The molecule has 0 spiro atoms. The van der Waals surface area contributed by atoms with Crippen LogP contribution in [0.2, 0.25) is 5.31 Å². The third-order valence-corrected chi connectivity index (χ3v) is 1.12. The fourth-order valence-corrected chi connectivity index (χ4v) is 0.533. The zero-order chi connectivity index (χ0) is 9.83. The van der Waals surface area contributed by atoms with E-state index in [0.29, 0.717) is 0 Å². The van der Waals surface area contributed by atoms with Crippen LogP contribution < -0.4 is 0 Å². The maximum Gasteiger partial charge on any atom is 0.113 e. The van der Waals surface area contributed by atoms with Crippen LogP contribution in [0.15, 0.2) is 17.3 Å². The van der Waals surface area contributed by atoms with Crippen molar-refractivity contribution >= 4 is 14.1 Å². The van der Waals surface area contributed by atoms with Crippen molar-refractivity contribution < 1.29 is 0 Å². The van der Waals surface area contributed by atoms with Crippen molar-refractivity contribution in [2.45, 2.75) is 39.9 Å². The lowest BCUT2D eigenvalue weighted by Crippen LogP contribution is -2.05. The van der Waals surface area contributed by atoms with Crippen molar-refractivity contribution in [3.63, 3.8) is 0 Å². The molecule has 0 bridgehead atoms. The highest BCUT2D eigenvalue weighted by molar-refractivity contribution is 6.15. The zero-order valence-corrected chi connectivity index (χ0v) is 9.18. The molecule has 2 heteroatoms. The van der Waals surface area contributed by atoms with Crippen LogP contribution in [0.4, 0.5) is 0 Å². The first-order valence-electron chi connectivity index (χ1n) is 4.43. The van der Waals surface area contributed by atoms with Crippen LogP contribution in [0.25, 0.3) is 0 Å². The van der Waals surface area contributed by atoms with Crippen LogP contribution in [0.5, 0.6) is 0 Å². The second-order valence-electron chi connectivity index (χ2n) is 5.33. The Morgan fingerprint density at radius 3 is 1.92 bits per heavy atom. The third kappa shape index (κ3) is 9.47. The van der Waals surface area contributed by atoms with Crippen LogP contribution in [0.1, 0.15) is 34.6 Å². The van der Waals surface area contributed by atoms with Crippen molar-refractivity contribution in [3.8, 4) is 0 Å². The van der Waals surface area contributed by atoms with Gasteiger partial charge in [-0.05, 0) is 10.7 Å². The summed E-state index contributed by atoms with van der Waals surface area (Å²) in [6, 6.07) is 0. The second-order valence-corrected chi connectivity index (χ2v) is 5.33. The highest BCUT2D eigenvalue weighted by Gasteiger charge is 2.05. The van der Waals surface area contributed by atoms with Gasteiger partial charge in [0, 0.05) is 12.4 Å². The minimum absolute atomic E-state index is 0.183. The molecular weight excluding hydrogens is 145 g/mol. The summed E-state index contributed by atoms with van der Waals surface area (Å²) in [5, 5.41) is 0.231. The van der Waals surface area contributed by atoms with E-state index in [-0.39, 0.29) is 10.7 Å². The Balaban J connectivity index is 4.00. The molecule has 0 saturated carbocycles. The average molecular weight is 165 g/mol. The topological polar surface area (TPSA) is 12.4 Å².